The molecule has 0 saturated carbocycles. The van der Waals surface area contributed by atoms with Crippen molar-refractivity contribution >= 4 is 16.9 Å². The SMILES string of the molecule is COc1ccc([C@@H](NC(=O)c2oc3c(C)cccc3c2C)c2ccncc2)cc1. The standard InChI is InChI=1S/C24H22N2O3/c1-15-5-4-6-20-16(2)23(29-22(15)20)24(27)26-21(18-11-13-25-14-12-18)17-7-9-19(28-3)10-8-17/h4-14,21H,1-3H3,(H,26,27)/t21-/m1/s1. The molecule has 0 unspecified atom stereocenters. The zero-order chi connectivity index (χ0) is 20.4. The number of fused-ring (bicyclic) bond motifs is 1. The van der Waals surface area contributed by atoms with Gasteiger partial charge in [-0.3, -0.25) is 9.78 Å². The normalized spacial score (nSPS) is 12.0. The van der Waals surface area contributed by atoms with Gasteiger partial charge in [-0.25, -0.2) is 0 Å². The van der Waals surface area contributed by atoms with Gasteiger partial charge in [0.25, 0.3) is 5.91 Å². The van der Waals surface area contributed by atoms with E-state index in [0.29, 0.717) is 5.76 Å². The van der Waals surface area contributed by atoms with Gasteiger partial charge in [0.2, 0.25) is 0 Å². The Morgan fingerprint density at radius 1 is 1.00 bits per heavy atom. The summed E-state index contributed by atoms with van der Waals surface area (Å²) in [6.45, 7) is 3.89. The maximum absolute atomic E-state index is 13.2. The summed E-state index contributed by atoms with van der Waals surface area (Å²) in [6.07, 6.45) is 3.43. The summed E-state index contributed by atoms with van der Waals surface area (Å²) in [5.41, 5.74) is 4.47. The molecule has 1 N–H and O–H groups in total. The highest BCUT2D eigenvalue weighted by molar-refractivity contribution is 5.99. The lowest BCUT2D eigenvalue weighted by molar-refractivity contribution is 0.0916. The summed E-state index contributed by atoms with van der Waals surface area (Å²) in [5.74, 6) is 0.842. The maximum Gasteiger partial charge on any atom is 0.288 e. The second kappa shape index (κ2) is 7.80. The van der Waals surface area contributed by atoms with Crippen LogP contribution in [0, 0.1) is 13.8 Å². The number of carbonyl (C=O) groups excluding carboxylic acids is 1. The van der Waals surface area contributed by atoms with Crippen molar-refractivity contribution in [1.29, 1.82) is 0 Å². The van der Waals surface area contributed by atoms with Crippen molar-refractivity contribution in [2.24, 2.45) is 0 Å². The molecule has 1 atom stereocenters. The average Bonchev–Trinajstić information content (AvgIpc) is 3.11. The van der Waals surface area contributed by atoms with Crippen molar-refractivity contribution in [3.05, 3.63) is 95.0 Å². The lowest BCUT2D eigenvalue weighted by atomic mass is 9.99. The van der Waals surface area contributed by atoms with E-state index >= 15 is 0 Å². The number of nitrogens with one attached hydrogen (secondary N) is 1. The smallest absolute Gasteiger partial charge is 0.288 e. The monoisotopic (exact) mass is 386 g/mol. The highest BCUT2D eigenvalue weighted by atomic mass is 16.5. The first-order chi connectivity index (χ1) is 14.1. The Morgan fingerprint density at radius 3 is 2.34 bits per heavy atom. The molecule has 2 aromatic heterocycles. The number of aromatic nitrogens is 1. The molecule has 0 spiro atoms. The zero-order valence-electron chi connectivity index (χ0n) is 16.6. The molecule has 0 fully saturated rings. The molecule has 2 aromatic carbocycles. The molecule has 29 heavy (non-hydrogen) atoms. The molecule has 2 heterocycles. The summed E-state index contributed by atoms with van der Waals surface area (Å²) < 4.78 is 11.2. The van der Waals surface area contributed by atoms with Crippen molar-refractivity contribution in [1.82, 2.24) is 10.3 Å². The van der Waals surface area contributed by atoms with E-state index in [4.69, 9.17) is 9.15 Å². The van der Waals surface area contributed by atoms with Gasteiger partial charge >= 0.3 is 0 Å². The van der Waals surface area contributed by atoms with E-state index < -0.39 is 0 Å². The fraction of sp³-hybridized carbons (Fsp3) is 0.167. The molecule has 1 amide bonds. The number of hydrogen-bond acceptors (Lipinski definition) is 4. The number of ether oxygens (including phenoxy) is 1. The Balaban J connectivity index is 1.71. The summed E-state index contributed by atoms with van der Waals surface area (Å²) in [7, 11) is 1.63. The van der Waals surface area contributed by atoms with Crippen LogP contribution in [0.5, 0.6) is 5.75 Å². The predicted octanol–water partition coefficient (Wildman–Crippen LogP) is 4.97. The molecular formula is C24H22N2O3. The van der Waals surface area contributed by atoms with Gasteiger partial charge in [-0.2, -0.15) is 0 Å². The molecule has 0 saturated heterocycles. The molecule has 4 rings (SSSR count). The number of para-hydroxylation sites is 1. The van der Waals surface area contributed by atoms with Crippen LogP contribution in [-0.2, 0) is 0 Å². The number of benzene rings is 2. The summed E-state index contributed by atoms with van der Waals surface area (Å²) in [5, 5.41) is 4.08. The van der Waals surface area contributed by atoms with E-state index in [1.807, 2.05) is 68.4 Å². The number of nitrogens with zero attached hydrogens (tertiary/aromatic N) is 1. The third-order valence-electron chi connectivity index (χ3n) is 5.13. The van der Waals surface area contributed by atoms with Crippen LogP contribution >= 0.6 is 0 Å². The maximum atomic E-state index is 13.2. The minimum Gasteiger partial charge on any atom is -0.497 e. The van der Waals surface area contributed by atoms with Gasteiger partial charge in [0, 0.05) is 23.3 Å². The van der Waals surface area contributed by atoms with Crippen molar-refractivity contribution in [3.8, 4) is 5.75 Å². The molecule has 5 heteroatoms. The van der Waals surface area contributed by atoms with Gasteiger partial charge < -0.3 is 14.5 Å². The quantitative estimate of drug-likeness (QED) is 0.526. The molecule has 146 valence electrons. The van der Waals surface area contributed by atoms with Crippen LogP contribution < -0.4 is 10.1 Å². The van der Waals surface area contributed by atoms with Crippen LogP contribution in [0.4, 0.5) is 0 Å². The number of carbonyl (C=O) groups is 1. The number of methoxy groups -OCH3 is 1. The molecule has 0 bridgehead atoms. The minimum atomic E-state index is -0.342. The van der Waals surface area contributed by atoms with Gasteiger partial charge in [-0.1, -0.05) is 30.3 Å². The number of amides is 1. The van der Waals surface area contributed by atoms with Crippen molar-refractivity contribution in [3.63, 3.8) is 0 Å². The van der Waals surface area contributed by atoms with Crippen LogP contribution in [-0.4, -0.2) is 18.0 Å². The van der Waals surface area contributed by atoms with Crippen molar-refractivity contribution in [2.75, 3.05) is 7.11 Å². The van der Waals surface area contributed by atoms with Crippen LogP contribution in [0.3, 0.4) is 0 Å². The lowest BCUT2D eigenvalue weighted by Gasteiger charge is -2.19. The molecular weight excluding hydrogens is 364 g/mol. The molecule has 0 aliphatic rings. The molecule has 0 aliphatic carbocycles. The van der Waals surface area contributed by atoms with Gasteiger partial charge in [0.1, 0.15) is 11.3 Å². The van der Waals surface area contributed by atoms with E-state index in [-0.39, 0.29) is 11.9 Å². The van der Waals surface area contributed by atoms with Crippen LogP contribution in [0.15, 0.2) is 71.4 Å². The lowest BCUT2D eigenvalue weighted by Crippen LogP contribution is -2.29. The topological polar surface area (TPSA) is 64.4 Å². The van der Waals surface area contributed by atoms with Gasteiger partial charge in [0.05, 0.1) is 13.2 Å². The Morgan fingerprint density at radius 2 is 1.69 bits per heavy atom. The van der Waals surface area contributed by atoms with Crippen molar-refractivity contribution < 1.29 is 13.9 Å². The first-order valence-electron chi connectivity index (χ1n) is 9.42. The molecule has 5 nitrogen and oxygen atoms in total. The second-order valence-corrected chi connectivity index (χ2v) is 6.97. The van der Waals surface area contributed by atoms with Gasteiger partial charge in [-0.05, 0) is 54.8 Å². The zero-order valence-corrected chi connectivity index (χ0v) is 16.6. The Labute approximate surface area is 169 Å². The largest absolute Gasteiger partial charge is 0.497 e. The Kier molecular flexibility index (Phi) is 5.04. The fourth-order valence-corrected chi connectivity index (χ4v) is 3.51. The van der Waals surface area contributed by atoms with E-state index in [0.717, 1.165) is 39.0 Å². The fourth-order valence-electron chi connectivity index (χ4n) is 3.51. The molecule has 4 aromatic rings. The highest BCUT2D eigenvalue weighted by Crippen LogP contribution is 2.29. The number of rotatable bonds is 5. The van der Waals surface area contributed by atoms with Crippen LogP contribution in [0.2, 0.25) is 0 Å². The third kappa shape index (κ3) is 3.59. The van der Waals surface area contributed by atoms with Gasteiger partial charge in [0.15, 0.2) is 5.76 Å². The van der Waals surface area contributed by atoms with Gasteiger partial charge in [-0.15, -0.1) is 0 Å². The third-order valence-corrected chi connectivity index (χ3v) is 5.13. The average molecular weight is 386 g/mol. The predicted molar refractivity (Wildman–Crippen MR) is 112 cm³/mol. The first kappa shape index (κ1) is 18.7. The summed E-state index contributed by atoms with van der Waals surface area (Å²) in [6, 6.07) is 17.0. The summed E-state index contributed by atoms with van der Waals surface area (Å²) >= 11 is 0. The number of pyridine rings is 1. The van der Waals surface area contributed by atoms with E-state index in [1.54, 1.807) is 19.5 Å². The molecule has 0 aliphatic heterocycles. The Hall–Kier alpha value is -3.60. The number of furan rings is 1. The van der Waals surface area contributed by atoms with Crippen LogP contribution in [0.25, 0.3) is 11.0 Å². The molecule has 0 radical (unpaired) electrons. The van der Waals surface area contributed by atoms with Crippen LogP contribution in [0.1, 0.15) is 38.9 Å². The van der Waals surface area contributed by atoms with E-state index in [9.17, 15) is 4.79 Å². The highest BCUT2D eigenvalue weighted by Gasteiger charge is 2.23. The summed E-state index contributed by atoms with van der Waals surface area (Å²) in [4.78, 5) is 17.3. The van der Waals surface area contributed by atoms with E-state index in [2.05, 4.69) is 10.3 Å². The first-order valence-corrected chi connectivity index (χ1v) is 9.42. The van der Waals surface area contributed by atoms with Crippen molar-refractivity contribution in [2.45, 2.75) is 19.9 Å². The number of aryl methyl sites for hydroxylation is 2. The Bertz CT molecular complexity index is 1150. The second-order valence-electron chi connectivity index (χ2n) is 6.97. The minimum absolute atomic E-state index is 0.254. The number of hydrogen-bond donors (Lipinski definition) is 1. The van der Waals surface area contributed by atoms with E-state index in [1.165, 1.54) is 0 Å².